The Balaban J connectivity index is 2.14. The van der Waals surface area contributed by atoms with Gasteiger partial charge in [0.25, 0.3) is 0 Å². The Labute approximate surface area is 201 Å². The number of benzene rings is 2. The maximum absolute atomic E-state index is 13.6. The van der Waals surface area contributed by atoms with Crippen LogP contribution in [-0.2, 0) is 32.1 Å². The maximum atomic E-state index is 13.6. The summed E-state index contributed by atoms with van der Waals surface area (Å²) in [5.74, 6) is -3.97. The van der Waals surface area contributed by atoms with Crippen LogP contribution in [0.25, 0.3) is 0 Å². The molecule has 0 bridgehead atoms. The number of ether oxygens (including phenoxy) is 1. The van der Waals surface area contributed by atoms with Crippen molar-refractivity contribution in [3.63, 3.8) is 0 Å². The van der Waals surface area contributed by atoms with Gasteiger partial charge in [-0.2, -0.15) is 13.2 Å². The van der Waals surface area contributed by atoms with Crippen molar-refractivity contribution in [2.24, 2.45) is 5.92 Å². The molecular weight excluding hydrogens is 465 g/mol. The van der Waals surface area contributed by atoms with Gasteiger partial charge >= 0.3 is 18.1 Å². The molecule has 3 N–H and O–H groups in total. The zero-order valence-corrected chi connectivity index (χ0v) is 19.4. The second-order valence-electron chi connectivity index (χ2n) is 8.43. The van der Waals surface area contributed by atoms with E-state index in [0.717, 1.165) is 0 Å². The number of nitrogens with one attached hydrogen (secondary N) is 2. The number of hydrogen-bond donors (Lipinski definition) is 3. The third-order valence-electron chi connectivity index (χ3n) is 5.22. The van der Waals surface area contributed by atoms with Crippen LogP contribution in [0.3, 0.4) is 0 Å². The molecule has 3 atom stereocenters. The van der Waals surface area contributed by atoms with E-state index in [1.807, 2.05) is 5.32 Å². The first-order chi connectivity index (χ1) is 16.5. The fourth-order valence-corrected chi connectivity index (χ4v) is 3.35. The fraction of sp³-hybridized carbons (Fsp3) is 0.400. The molecule has 0 aromatic heterocycles. The third-order valence-corrected chi connectivity index (χ3v) is 5.22. The van der Waals surface area contributed by atoms with E-state index >= 15 is 0 Å². The minimum Gasteiger partial charge on any atom is -0.480 e. The molecule has 2 rings (SSSR count). The summed E-state index contributed by atoms with van der Waals surface area (Å²) in [5, 5.41) is 13.6. The van der Waals surface area contributed by atoms with Crippen LogP contribution in [0.4, 0.5) is 13.2 Å². The van der Waals surface area contributed by atoms with Crippen molar-refractivity contribution in [2.45, 2.75) is 57.6 Å². The van der Waals surface area contributed by atoms with Crippen molar-refractivity contribution in [1.82, 2.24) is 10.6 Å². The molecule has 0 aliphatic rings. The van der Waals surface area contributed by atoms with Crippen molar-refractivity contribution in [2.75, 3.05) is 0 Å². The van der Waals surface area contributed by atoms with Gasteiger partial charge in [-0.1, -0.05) is 74.5 Å². The largest absolute Gasteiger partial charge is 0.480 e. The van der Waals surface area contributed by atoms with E-state index in [0.29, 0.717) is 11.1 Å². The van der Waals surface area contributed by atoms with E-state index in [9.17, 15) is 32.7 Å². The van der Waals surface area contributed by atoms with E-state index < -0.39 is 54.5 Å². The van der Waals surface area contributed by atoms with Gasteiger partial charge in [-0.05, 0) is 17.0 Å². The highest BCUT2D eigenvalue weighted by atomic mass is 19.4. The third kappa shape index (κ3) is 9.40. The number of amides is 1. The Hall–Kier alpha value is -3.40. The number of rotatable bonds is 12. The summed E-state index contributed by atoms with van der Waals surface area (Å²) in [6, 6.07) is 12.3. The molecule has 0 saturated heterocycles. The summed E-state index contributed by atoms with van der Waals surface area (Å²) in [5.41, 5.74) is 1.38. The maximum Gasteiger partial charge on any atom is 0.404 e. The Morgan fingerprint density at radius 2 is 1.49 bits per heavy atom. The molecule has 0 aliphatic heterocycles. The summed E-state index contributed by atoms with van der Waals surface area (Å²) >= 11 is 0. The van der Waals surface area contributed by atoms with Crippen molar-refractivity contribution >= 4 is 17.8 Å². The SMILES string of the molecule is CC(C)[C@H](NC(CC(=O)N[C@@H](Cc1ccccc1)C(=O)OCc1ccccc1)C(F)(F)F)C(=O)O. The second-order valence-corrected chi connectivity index (χ2v) is 8.43. The minimum atomic E-state index is -4.89. The van der Waals surface area contributed by atoms with Crippen LogP contribution >= 0.6 is 0 Å². The number of carbonyl (C=O) groups excluding carboxylic acids is 2. The van der Waals surface area contributed by atoms with Crippen LogP contribution in [0, 0.1) is 5.92 Å². The predicted molar refractivity (Wildman–Crippen MR) is 122 cm³/mol. The van der Waals surface area contributed by atoms with Gasteiger partial charge in [0.15, 0.2) is 0 Å². The number of halogens is 3. The van der Waals surface area contributed by atoms with Gasteiger partial charge in [0.1, 0.15) is 24.7 Å². The van der Waals surface area contributed by atoms with E-state index in [2.05, 4.69) is 5.32 Å². The first-order valence-electron chi connectivity index (χ1n) is 11.1. The monoisotopic (exact) mass is 494 g/mol. The highest BCUT2D eigenvalue weighted by Gasteiger charge is 2.43. The predicted octanol–water partition coefficient (Wildman–Crippen LogP) is 3.48. The topological polar surface area (TPSA) is 105 Å². The number of carboxylic acids is 1. The molecule has 0 spiro atoms. The molecule has 0 aliphatic carbocycles. The average Bonchev–Trinajstić information content (AvgIpc) is 2.79. The van der Waals surface area contributed by atoms with Crippen molar-refractivity contribution in [3.05, 3.63) is 71.8 Å². The molecule has 0 saturated carbocycles. The summed E-state index contributed by atoms with van der Waals surface area (Å²) in [6.07, 6.45) is -5.98. The quantitative estimate of drug-likeness (QED) is 0.391. The molecule has 0 radical (unpaired) electrons. The summed E-state index contributed by atoms with van der Waals surface area (Å²) in [7, 11) is 0. The lowest BCUT2D eigenvalue weighted by molar-refractivity contribution is -0.167. The molecule has 10 heteroatoms. The van der Waals surface area contributed by atoms with Crippen molar-refractivity contribution < 1.29 is 37.4 Å². The van der Waals surface area contributed by atoms with Gasteiger partial charge < -0.3 is 15.2 Å². The first-order valence-corrected chi connectivity index (χ1v) is 11.1. The highest BCUT2D eigenvalue weighted by Crippen LogP contribution is 2.24. The normalized spacial score (nSPS) is 14.1. The molecule has 190 valence electrons. The average molecular weight is 495 g/mol. The number of alkyl halides is 3. The lowest BCUT2D eigenvalue weighted by atomic mass is 10.0. The van der Waals surface area contributed by atoms with Crippen molar-refractivity contribution in [1.29, 1.82) is 0 Å². The van der Waals surface area contributed by atoms with E-state index in [4.69, 9.17) is 4.74 Å². The van der Waals surface area contributed by atoms with Gasteiger partial charge in [-0.3, -0.25) is 14.9 Å². The molecule has 35 heavy (non-hydrogen) atoms. The number of carbonyl (C=O) groups is 3. The van der Waals surface area contributed by atoms with Gasteiger partial charge in [0.05, 0.1) is 6.42 Å². The molecule has 7 nitrogen and oxygen atoms in total. The van der Waals surface area contributed by atoms with Gasteiger partial charge in [-0.15, -0.1) is 0 Å². The molecule has 0 heterocycles. The molecule has 1 unspecified atom stereocenters. The first kappa shape index (κ1) is 27.8. The number of esters is 1. The Bertz CT molecular complexity index is 968. The number of hydrogen-bond acceptors (Lipinski definition) is 5. The Kier molecular flexibility index (Phi) is 10.3. The van der Waals surface area contributed by atoms with E-state index in [-0.39, 0.29) is 13.0 Å². The standard InChI is InChI=1S/C25H29F3N2O5/c1-16(2)22(23(32)33)30-20(25(26,27)28)14-21(31)29-19(13-17-9-5-3-6-10-17)24(34)35-15-18-11-7-4-8-12-18/h3-12,16,19-20,22,30H,13-15H2,1-2H3,(H,29,31)(H,32,33)/t19-,20?,22-/m0/s1. The molecular formula is C25H29F3N2O5. The second kappa shape index (κ2) is 12.9. The van der Waals surface area contributed by atoms with Gasteiger partial charge in [0.2, 0.25) is 5.91 Å². The Morgan fingerprint density at radius 3 is 1.97 bits per heavy atom. The zero-order chi connectivity index (χ0) is 26.0. The summed E-state index contributed by atoms with van der Waals surface area (Å²) in [4.78, 5) is 36.7. The van der Waals surface area contributed by atoms with Crippen LogP contribution in [-0.4, -0.2) is 47.3 Å². The zero-order valence-electron chi connectivity index (χ0n) is 19.4. The van der Waals surface area contributed by atoms with Gasteiger partial charge in [0, 0.05) is 6.42 Å². The molecule has 1 amide bonds. The fourth-order valence-electron chi connectivity index (χ4n) is 3.35. The molecule has 2 aromatic carbocycles. The van der Waals surface area contributed by atoms with Crippen LogP contribution in [0.2, 0.25) is 0 Å². The minimum absolute atomic E-state index is 0.00800. The van der Waals surface area contributed by atoms with Crippen molar-refractivity contribution in [3.8, 4) is 0 Å². The van der Waals surface area contributed by atoms with E-state index in [1.54, 1.807) is 60.7 Å². The molecule has 2 aromatic rings. The van der Waals surface area contributed by atoms with Gasteiger partial charge in [-0.25, -0.2) is 4.79 Å². The van der Waals surface area contributed by atoms with Crippen LogP contribution < -0.4 is 10.6 Å². The molecule has 0 fully saturated rings. The lowest BCUT2D eigenvalue weighted by Crippen LogP contribution is -2.55. The summed E-state index contributed by atoms with van der Waals surface area (Å²) < 4.78 is 46.1. The number of carboxylic acid groups (broad SMARTS) is 1. The van der Waals surface area contributed by atoms with Crippen LogP contribution in [0.5, 0.6) is 0 Å². The Morgan fingerprint density at radius 1 is 0.943 bits per heavy atom. The smallest absolute Gasteiger partial charge is 0.404 e. The highest BCUT2D eigenvalue weighted by molar-refractivity contribution is 5.85. The van der Waals surface area contributed by atoms with E-state index in [1.165, 1.54) is 13.8 Å². The van der Waals surface area contributed by atoms with Crippen LogP contribution in [0.1, 0.15) is 31.4 Å². The lowest BCUT2D eigenvalue weighted by Gasteiger charge is -2.27. The van der Waals surface area contributed by atoms with Crippen LogP contribution in [0.15, 0.2) is 60.7 Å². The number of aliphatic carboxylic acids is 1. The summed E-state index contributed by atoms with van der Waals surface area (Å²) in [6.45, 7) is 2.85.